The number of hydrogen-bond acceptors (Lipinski definition) is 5. The maximum Gasteiger partial charge on any atom is 0.256 e. The van der Waals surface area contributed by atoms with Gasteiger partial charge in [-0.3, -0.25) is 4.79 Å². The molecule has 26 heavy (non-hydrogen) atoms. The van der Waals surface area contributed by atoms with Gasteiger partial charge in [0.2, 0.25) is 10.0 Å². The van der Waals surface area contributed by atoms with Crippen LogP contribution in [0.15, 0.2) is 35.2 Å². The van der Waals surface area contributed by atoms with Crippen LogP contribution >= 0.6 is 11.3 Å². The molecule has 1 aromatic carbocycles. The van der Waals surface area contributed by atoms with Gasteiger partial charge in [0.1, 0.15) is 0 Å². The van der Waals surface area contributed by atoms with E-state index in [0.717, 1.165) is 9.75 Å². The molecular weight excluding hydrogens is 370 g/mol. The van der Waals surface area contributed by atoms with E-state index in [1.54, 1.807) is 29.5 Å². The van der Waals surface area contributed by atoms with Crippen molar-refractivity contribution in [1.29, 1.82) is 0 Å². The molecule has 1 fully saturated rings. The van der Waals surface area contributed by atoms with Crippen molar-refractivity contribution < 1.29 is 13.2 Å². The molecule has 0 radical (unpaired) electrons. The van der Waals surface area contributed by atoms with Crippen LogP contribution in [0.2, 0.25) is 0 Å². The van der Waals surface area contributed by atoms with Crippen LogP contribution in [0, 0.1) is 13.8 Å². The zero-order valence-corrected chi connectivity index (χ0v) is 16.8. The summed E-state index contributed by atoms with van der Waals surface area (Å²) in [7, 11) is -1.57. The topological polar surface area (TPSA) is 69.7 Å². The Labute approximate surface area is 158 Å². The molecule has 1 aliphatic heterocycles. The van der Waals surface area contributed by atoms with Gasteiger partial charge in [0.15, 0.2) is 0 Å². The summed E-state index contributed by atoms with van der Waals surface area (Å²) in [5.74, 6) is -0.221. The van der Waals surface area contributed by atoms with E-state index < -0.39 is 10.0 Å². The normalized spacial score (nSPS) is 16.6. The summed E-state index contributed by atoms with van der Waals surface area (Å²) in [6, 6.07) is 8.31. The van der Waals surface area contributed by atoms with Crippen LogP contribution < -0.4 is 5.32 Å². The molecule has 1 amide bonds. The number of hydrogen-bond donors (Lipinski definition) is 1. The van der Waals surface area contributed by atoms with Crippen LogP contribution in [-0.2, 0) is 10.0 Å². The fraction of sp³-hybridized carbons (Fsp3) is 0.389. The third kappa shape index (κ3) is 3.98. The van der Waals surface area contributed by atoms with E-state index in [4.69, 9.17) is 0 Å². The van der Waals surface area contributed by atoms with Crippen molar-refractivity contribution in [2.45, 2.75) is 18.7 Å². The number of sulfonamides is 1. The number of thiophene rings is 1. The Kier molecular flexibility index (Phi) is 5.47. The molecule has 2 aromatic rings. The molecule has 2 heterocycles. The molecular formula is C18H23N3O3S2. The summed E-state index contributed by atoms with van der Waals surface area (Å²) in [6.07, 6.45) is 0. The van der Waals surface area contributed by atoms with Gasteiger partial charge < -0.3 is 10.2 Å². The lowest BCUT2D eigenvalue weighted by Crippen LogP contribution is -2.47. The number of carbonyl (C=O) groups excluding carboxylic acids is 1. The largest absolute Gasteiger partial charge is 0.322 e. The van der Waals surface area contributed by atoms with E-state index in [-0.39, 0.29) is 10.8 Å². The van der Waals surface area contributed by atoms with Gasteiger partial charge in [-0.15, -0.1) is 11.3 Å². The number of piperazine rings is 1. The molecule has 3 rings (SSSR count). The lowest BCUT2D eigenvalue weighted by atomic mass is 10.2. The lowest BCUT2D eigenvalue weighted by molar-refractivity contribution is 0.102. The number of aryl methyl sites for hydroxylation is 2. The predicted molar refractivity (Wildman–Crippen MR) is 104 cm³/mol. The van der Waals surface area contributed by atoms with Crippen molar-refractivity contribution in [1.82, 2.24) is 9.21 Å². The molecule has 0 atom stereocenters. The number of nitrogens with one attached hydrogen (secondary N) is 1. The Bertz CT molecular complexity index is 914. The molecule has 8 heteroatoms. The number of nitrogens with zero attached hydrogens (tertiary/aromatic N) is 2. The Morgan fingerprint density at radius 2 is 1.81 bits per heavy atom. The highest BCUT2D eigenvalue weighted by molar-refractivity contribution is 7.89. The first-order valence-electron chi connectivity index (χ1n) is 8.44. The molecule has 1 N–H and O–H groups in total. The monoisotopic (exact) mass is 393 g/mol. The molecule has 140 valence electrons. The Hall–Kier alpha value is -1.74. The van der Waals surface area contributed by atoms with Crippen LogP contribution in [0.5, 0.6) is 0 Å². The summed E-state index contributed by atoms with van der Waals surface area (Å²) in [4.78, 5) is 16.8. The van der Waals surface area contributed by atoms with Crippen LogP contribution in [0.25, 0.3) is 0 Å². The molecule has 1 aliphatic rings. The van der Waals surface area contributed by atoms with E-state index in [2.05, 4.69) is 10.2 Å². The fourth-order valence-corrected chi connectivity index (χ4v) is 5.36. The molecule has 0 aliphatic carbocycles. The lowest BCUT2D eigenvalue weighted by Gasteiger charge is -2.31. The van der Waals surface area contributed by atoms with Gasteiger partial charge in [0.25, 0.3) is 5.91 Å². The first kappa shape index (κ1) is 19.0. The maximum atomic E-state index is 12.9. The minimum Gasteiger partial charge on any atom is -0.322 e. The van der Waals surface area contributed by atoms with Gasteiger partial charge in [-0.1, -0.05) is 6.07 Å². The molecule has 0 unspecified atom stereocenters. The summed E-state index contributed by atoms with van der Waals surface area (Å²) in [5, 5.41) is 2.81. The van der Waals surface area contributed by atoms with E-state index in [0.29, 0.717) is 37.4 Å². The van der Waals surface area contributed by atoms with Gasteiger partial charge in [0, 0.05) is 41.6 Å². The highest BCUT2D eigenvalue weighted by Crippen LogP contribution is 2.24. The van der Waals surface area contributed by atoms with Crippen LogP contribution in [0.4, 0.5) is 5.69 Å². The van der Waals surface area contributed by atoms with Crippen molar-refractivity contribution in [2.24, 2.45) is 0 Å². The minimum atomic E-state index is -3.56. The second kappa shape index (κ2) is 7.48. The average molecular weight is 394 g/mol. The summed E-state index contributed by atoms with van der Waals surface area (Å²) >= 11 is 1.57. The Balaban J connectivity index is 1.80. The Morgan fingerprint density at radius 3 is 2.42 bits per heavy atom. The van der Waals surface area contributed by atoms with Crippen molar-refractivity contribution in [3.63, 3.8) is 0 Å². The number of amides is 1. The average Bonchev–Trinajstić information content (AvgIpc) is 2.94. The van der Waals surface area contributed by atoms with E-state index in [9.17, 15) is 13.2 Å². The first-order valence-corrected chi connectivity index (χ1v) is 10.7. The number of likely N-dealkylation sites (N-methyl/N-ethyl adjacent to an activating group) is 1. The SMILES string of the molecule is Cc1cc(C(=O)Nc2cccc(S(=O)(=O)N3CCN(C)CC3)c2)c(C)s1. The van der Waals surface area contributed by atoms with Crippen molar-refractivity contribution in [3.05, 3.63) is 45.6 Å². The summed E-state index contributed by atoms with van der Waals surface area (Å²) in [6.45, 7) is 6.24. The molecule has 6 nitrogen and oxygen atoms in total. The molecule has 0 bridgehead atoms. The van der Waals surface area contributed by atoms with E-state index in [1.165, 1.54) is 10.4 Å². The van der Waals surface area contributed by atoms with E-state index >= 15 is 0 Å². The zero-order chi connectivity index (χ0) is 18.9. The van der Waals surface area contributed by atoms with Crippen molar-refractivity contribution >= 4 is 33.0 Å². The number of rotatable bonds is 4. The van der Waals surface area contributed by atoms with Gasteiger partial charge in [-0.05, 0) is 45.2 Å². The predicted octanol–water partition coefficient (Wildman–Crippen LogP) is 2.55. The zero-order valence-electron chi connectivity index (χ0n) is 15.2. The Morgan fingerprint density at radius 1 is 1.12 bits per heavy atom. The summed E-state index contributed by atoms with van der Waals surface area (Å²) < 4.78 is 27.2. The number of benzene rings is 1. The fourth-order valence-electron chi connectivity index (χ4n) is 2.97. The summed E-state index contributed by atoms with van der Waals surface area (Å²) in [5.41, 5.74) is 1.10. The third-order valence-corrected chi connectivity index (χ3v) is 7.34. The van der Waals surface area contributed by atoms with Gasteiger partial charge in [-0.25, -0.2) is 8.42 Å². The highest BCUT2D eigenvalue weighted by atomic mass is 32.2. The second-order valence-electron chi connectivity index (χ2n) is 6.52. The van der Waals surface area contributed by atoms with Gasteiger partial charge in [-0.2, -0.15) is 4.31 Å². The number of carbonyl (C=O) groups is 1. The molecule has 0 saturated carbocycles. The third-order valence-electron chi connectivity index (χ3n) is 4.48. The van der Waals surface area contributed by atoms with Crippen molar-refractivity contribution in [2.75, 3.05) is 38.5 Å². The van der Waals surface area contributed by atoms with Crippen LogP contribution in [0.1, 0.15) is 20.1 Å². The minimum absolute atomic E-state index is 0.207. The quantitative estimate of drug-likeness (QED) is 0.867. The molecule has 1 aromatic heterocycles. The standard InChI is InChI=1S/C18H23N3O3S2/c1-13-11-17(14(2)25-13)18(22)19-15-5-4-6-16(12-15)26(23,24)21-9-7-20(3)8-10-21/h4-6,11-12H,7-10H2,1-3H3,(H,19,22). The van der Waals surface area contributed by atoms with Crippen molar-refractivity contribution in [3.8, 4) is 0 Å². The smallest absolute Gasteiger partial charge is 0.256 e. The number of anilines is 1. The van der Waals surface area contributed by atoms with Crippen LogP contribution in [-0.4, -0.2) is 56.8 Å². The maximum absolute atomic E-state index is 12.9. The highest BCUT2D eigenvalue weighted by Gasteiger charge is 2.27. The molecule has 1 saturated heterocycles. The second-order valence-corrected chi connectivity index (χ2v) is 9.91. The van der Waals surface area contributed by atoms with E-state index in [1.807, 2.05) is 27.0 Å². The first-order chi connectivity index (χ1) is 12.3. The van der Waals surface area contributed by atoms with Gasteiger partial charge >= 0.3 is 0 Å². The van der Waals surface area contributed by atoms with Gasteiger partial charge in [0.05, 0.1) is 10.5 Å². The molecule has 0 spiro atoms. The van der Waals surface area contributed by atoms with Crippen LogP contribution in [0.3, 0.4) is 0 Å².